The molecule has 0 saturated heterocycles. The molecule has 0 atom stereocenters. The molecule has 75 valence electrons. The van der Waals surface area contributed by atoms with E-state index in [-0.39, 0.29) is 0 Å². The third-order valence-corrected chi connectivity index (χ3v) is 2.61. The highest BCUT2D eigenvalue weighted by Gasteiger charge is 2.07. The van der Waals surface area contributed by atoms with Gasteiger partial charge in [-0.3, -0.25) is 0 Å². The van der Waals surface area contributed by atoms with Gasteiger partial charge in [0.2, 0.25) is 0 Å². The second-order valence-corrected chi connectivity index (χ2v) is 3.60. The van der Waals surface area contributed by atoms with Crippen molar-refractivity contribution in [1.29, 1.82) is 0 Å². The van der Waals surface area contributed by atoms with Crippen molar-refractivity contribution in [2.75, 3.05) is 0 Å². The van der Waals surface area contributed by atoms with Crippen molar-refractivity contribution in [2.45, 2.75) is 13.3 Å². The Balaban J connectivity index is 2.59. The zero-order chi connectivity index (χ0) is 10.7. The summed E-state index contributed by atoms with van der Waals surface area (Å²) >= 11 is 6.12. The van der Waals surface area contributed by atoms with Gasteiger partial charge in [0.15, 0.2) is 0 Å². The SMILES string of the molecule is CCc1cnn[c]c1-c1ccccc1Cl. The monoisotopic (exact) mass is 217 g/mol. The van der Waals surface area contributed by atoms with Gasteiger partial charge in [0.25, 0.3) is 0 Å². The Morgan fingerprint density at radius 1 is 1.33 bits per heavy atom. The fourth-order valence-corrected chi connectivity index (χ4v) is 1.71. The first-order chi connectivity index (χ1) is 7.33. The Kier molecular flexibility index (Phi) is 2.97. The highest BCUT2D eigenvalue weighted by molar-refractivity contribution is 6.33. The van der Waals surface area contributed by atoms with Crippen molar-refractivity contribution in [3.05, 3.63) is 47.2 Å². The topological polar surface area (TPSA) is 25.8 Å². The number of hydrogen-bond acceptors (Lipinski definition) is 2. The summed E-state index contributed by atoms with van der Waals surface area (Å²) in [5.41, 5.74) is 3.02. The van der Waals surface area contributed by atoms with Gasteiger partial charge < -0.3 is 0 Å². The van der Waals surface area contributed by atoms with E-state index in [4.69, 9.17) is 11.6 Å². The van der Waals surface area contributed by atoms with Gasteiger partial charge in [-0.05, 0) is 18.1 Å². The number of rotatable bonds is 2. The van der Waals surface area contributed by atoms with Crippen molar-refractivity contribution < 1.29 is 0 Å². The van der Waals surface area contributed by atoms with Crippen molar-refractivity contribution in [2.24, 2.45) is 0 Å². The van der Waals surface area contributed by atoms with Crippen LogP contribution in [0.1, 0.15) is 12.5 Å². The lowest BCUT2D eigenvalue weighted by Crippen LogP contribution is -1.92. The van der Waals surface area contributed by atoms with Gasteiger partial charge in [0.05, 0.1) is 6.20 Å². The second kappa shape index (κ2) is 4.41. The van der Waals surface area contributed by atoms with E-state index < -0.39 is 0 Å². The summed E-state index contributed by atoms with van der Waals surface area (Å²) in [4.78, 5) is 0. The first-order valence-corrected chi connectivity index (χ1v) is 5.18. The maximum Gasteiger partial charge on any atom is 0.122 e. The predicted octanol–water partition coefficient (Wildman–Crippen LogP) is 3.16. The van der Waals surface area contributed by atoms with Crippen LogP contribution in [0.5, 0.6) is 0 Å². The molecule has 0 fully saturated rings. The average Bonchev–Trinajstić information content (AvgIpc) is 2.30. The van der Waals surface area contributed by atoms with Crippen LogP contribution in [0.15, 0.2) is 30.5 Å². The van der Waals surface area contributed by atoms with E-state index in [9.17, 15) is 0 Å². The maximum atomic E-state index is 6.12. The Bertz CT molecular complexity index is 469. The summed E-state index contributed by atoms with van der Waals surface area (Å²) in [6.07, 6.45) is 5.55. The van der Waals surface area contributed by atoms with Crippen LogP contribution < -0.4 is 0 Å². The third-order valence-electron chi connectivity index (χ3n) is 2.28. The Labute approximate surface area is 93.9 Å². The van der Waals surface area contributed by atoms with Crippen LogP contribution in [0.3, 0.4) is 0 Å². The molecule has 3 heteroatoms. The molecule has 0 aliphatic carbocycles. The van der Waals surface area contributed by atoms with Crippen molar-refractivity contribution in [3.63, 3.8) is 0 Å². The smallest absolute Gasteiger partial charge is 0.122 e. The zero-order valence-electron chi connectivity index (χ0n) is 8.37. The number of aryl methyl sites for hydroxylation is 1. The van der Waals surface area contributed by atoms with E-state index >= 15 is 0 Å². The molecule has 2 aromatic rings. The number of halogens is 1. The largest absolute Gasteiger partial charge is 0.158 e. The quantitative estimate of drug-likeness (QED) is 0.772. The van der Waals surface area contributed by atoms with Gasteiger partial charge in [-0.2, -0.15) is 5.10 Å². The normalized spacial score (nSPS) is 10.3. The van der Waals surface area contributed by atoms with E-state index in [0.29, 0.717) is 0 Å². The molecular formula is C12H10ClN2. The molecule has 0 amide bonds. The first kappa shape index (κ1) is 10.1. The molecule has 0 aliphatic rings. The van der Waals surface area contributed by atoms with Crippen molar-refractivity contribution >= 4 is 11.6 Å². The maximum absolute atomic E-state index is 6.12. The number of benzene rings is 1. The van der Waals surface area contributed by atoms with Crippen LogP contribution in [0.25, 0.3) is 11.1 Å². The molecule has 1 radical (unpaired) electrons. The summed E-state index contributed by atoms with van der Waals surface area (Å²) in [5.74, 6) is 0. The summed E-state index contributed by atoms with van der Waals surface area (Å²) in [6.45, 7) is 2.07. The van der Waals surface area contributed by atoms with Gasteiger partial charge >= 0.3 is 0 Å². The Hall–Kier alpha value is -1.41. The third kappa shape index (κ3) is 2.00. The fraction of sp³-hybridized carbons (Fsp3) is 0.167. The van der Waals surface area contributed by atoms with Crippen LogP contribution in [0.4, 0.5) is 0 Å². The van der Waals surface area contributed by atoms with Crippen LogP contribution in [0, 0.1) is 6.20 Å². The molecule has 1 aromatic carbocycles. The van der Waals surface area contributed by atoms with Crippen LogP contribution in [0.2, 0.25) is 5.02 Å². The molecule has 2 rings (SSSR count). The van der Waals surface area contributed by atoms with Gasteiger partial charge in [0, 0.05) is 16.1 Å². The van der Waals surface area contributed by atoms with Gasteiger partial charge in [-0.25, -0.2) is 0 Å². The summed E-state index contributed by atoms with van der Waals surface area (Å²) in [6, 6.07) is 7.70. The van der Waals surface area contributed by atoms with E-state index in [2.05, 4.69) is 23.3 Å². The minimum atomic E-state index is 0.719. The van der Waals surface area contributed by atoms with E-state index in [1.807, 2.05) is 24.3 Å². The minimum absolute atomic E-state index is 0.719. The summed E-state index contributed by atoms with van der Waals surface area (Å²) in [7, 11) is 0. The van der Waals surface area contributed by atoms with Crippen LogP contribution >= 0.6 is 11.6 Å². The van der Waals surface area contributed by atoms with Crippen molar-refractivity contribution in [1.82, 2.24) is 10.2 Å². The molecule has 0 unspecified atom stereocenters. The first-order valence-electron chi connectivity index (χ1n) is 4.80. The number of hydrogen-bond donors (Lipinski definition) is 0. The van der Waals surface area contributed by atoms with E-state index in [1.165, 1.54) is 0 Å². The average molecular weight is 218 g/mol. The second-order valence-electron chi connectivity index (χ2n) is 3.19. The summed E-state index contributed by atoms with van der Waals surface area (Å²) < 4.78 is 0. The highest BCUT2D eigenvalue weighted by Crippen LogP contribution is 2.28. The molecule has 1 heterocycles. The molecular weight excluding hydrogens is 208 g/mol. The standard InChI is InChI=1S/C12H10ClN2/c1-2-9-7-14-15-8-11(9)10-5-3-4-6-12(10)13/h3-7H,2H2,1H3. The molecule has 15 heavy (non-hydrogen) atoms. The van der Waals surface area contributed by atoms with Crippen LogP contribution in [-0.2, 0) is 6.42 Å². The molecule has 0 aliphatic heterocycles. The van der Waals surface area contributed by atoms with Gasteiger partial charge in [-0.1, -0.05) is 36.7 Å². The lowest BCUT2D eigenvalue weighted by atomic mass is 10.0. The predicted molar refractivity (Wildman–Crippen MR) is 60.7 cm³/mol. The summed E-state index contributed by atoms with van der Waals surface area (Å²) in [5, 5.41) is 8.32. The number of nitrogens with zero attached hydrogens (tertiary/aromatic N) is 2. The van der Waals surface area contributed by atoms with Gasteiger partial charge in [0.1, 0.15) is 6.20 Å². The minimum Gasteiger partial charge on any atom is -0.158 e. The molecule has 0 N–H and O–H groups in total. The van der Waals surface area contributed by atoms with Crippen molar-refractivity contribution in [3.8, 4) is 11.1 Å². The lowest BCUT2D eigenvalue weighted by Gasteiger charge is -2.06. The zero-order valence-corrected chi connectivity index (χ0v) is 9.12. The molecule has 0 bridgehead atoms. The molecule has 0 saturated carbocycles. The van der Waals surface area contributed by atoms with E-state index in [1.54, 1.807) is 6.20 Å². The Morgan fingerprint density at radius 3 is 2.87 bits per heavy atom. The lowest BCUT2D eigenvalue weighted by molar-refractivity contribution is 0.980. The van der Waals surface area contributed by atoms with E-state index in [0.717, 1.165) is 28.1 Å². The van der Waals surface area contributed by atoms with Gasteiger partial charge in [-0.15, -0.1) is 5.10 Å². The number of aromatic nitrogens is 2. The molecule has 1 aromatic heterocycles. The van der Waals surface area contributed by atoms with Crippen LogP contribution in [-0.4, -0.2) is 10.2 Å². The Morgan fingerprint density at radius 2 is 2.13 bits per heavy atom. The fourth-order valence-electron chi connectivity index (χ4n) is 1.48. The highest BCUT2D eigenvalue weighted by atomic mass is 35.5. The molecule has 0 spiro atoms. The molecule has 2 nitrogen and oxygen atoms in total.